The maximum Gasteiger partial charge on any atom is 0.178 e. The molecule has 0 aliphatic heterocycles. The van der Waals surface area contributed by atoms with Crippen molar-refractivity contribution in [3.63, 3.8) is 0 Å². The van der Waals surface area contributed by atoms with Gasteiger partial charge in [-0.3, -0.25) is 0 Å². The average Bonchev–Trinajstić information content (AvgIpc) is 3.05. The Kier molecular flexibility index (Phi) is 3.22. The molecule has 1 fully saturated rings. The Morgan fingerprint density at radius 3 is 2.89 bits per heavy atom. The molecule has 0 atom stereocenters. The van der Waals surface area contributed by atoms with Crippen molar-refractivity contribution in [1.82, 2.24) is 9.55 Å². The Bertz CT molecular complexity index is 673. The first-order valence-corrected chi connectivity index (χ1v) is 8.39. The van der Waals surface area contributed by atoms with Crippen LogP contribution in [0.4, 0.5) is 4.39 Å². The Morgan fingerprint density at radius 1 is 1.56 bits per heavy atom. The largest absolute Gasteiger partial charge is 0.331 e. The topological polar surface area (TPSA) is 20.7 Å². The third-order valence-electron chi connectivity index (χ3n) is 3.50. The summed E-state index contributed by atoms with van der Waals surface area (Å²) < 4.78 is 17.3. The van der Waals surface area contributed by atoms with Crippen molar-refractivity contribution in [1.29, 1.82) is 0 Å². The lowest BCUT2D eigenvalue weighted by Gasteiger charge is -2.13. The van der Waals surface area contributed by atoms with Gasteiger partial charge in [0, 0.05) is 17.4 Å². The van der Waals surface area contributed by atoms with Crippen LogP contribution in [-0.2, 0) is 6.54 Å². The van der Waals surface area contributed by atoms with Crippen molar-refractivity contribution in [2.75, 3.05) is 6.26 Å². The fourth-order valence-electron chi connectivity index (χ4n) is 2.16. The summed E-state index contributed by atoms with van der Waals surface area (Å²) in [6, 6.07) is 3.40. The van der Waals surface area contributed by atoms with E-state index < -0.39 is 0 Å². The van der Waals surface area contributed by atoms with Crippen LogP contribution in [0.25, 0.3) is 11.0 Å². The minimum atomic E-state index is -0.181. The fraction of sp³-hybridized carbons (Fsp3) is 0.417. The Hall–Kier alpha value is -0.0800. The molecule has 18 heavy (non-hydrogen) atoms. The molecule has 1 heterocycles. The SMILES string of the molecule is CSC1(Cn2c(=S)[nH]c3cc(I)c(F)cc32)CC1. The van der Waals surface area contributed by atoms with Crippen LogP contribution in [0.3, 0.4) is 0 Å². The minimum absolute atomic E-state index is 0.181. The predicted molar refractivity (Wildman–Crippen MR) is 85.3 cm³/mol. The van der Waals surface area contributed by atoms with Gasteiger partial charge in [0.05, 0.1) is 14.6 Å². The van der Waals surface area contributed by atoms with Gasteiger partial charge in [-0.15, -0.1) is 0 Å². The Morgan fingerprint density at radius 2 is 2.28 bits per heavy atom. The van der Waals surface area contributed by atoms with Crippen LogP contribution in [-0.4, -0.2) is 20.6 Å². The van der Waals surface area contributed by atoms with Crippen molar-refractivity contribution >= 4 is 57.6 Å². The van der Waals surface area contributed by atoms with Gasteiger partial charge in [-0.2, -0.15) is 11.8 Å². The summed E-state index contributed by atoms with van der Waals surface area (Å²) in [4.78, 5) is 3.17. The molecular weight excluding hydrogens is 382 g/mol. The molecule has 0 unspecified atom stereocenters. The Labute approximate surface area is 127 Å². The molecule has 2 aromatic rings. The summed E-state index contributed by atoms with van der Waals surface area (Å²) in [6.07, 6.45) is 4.57. The van der Waals surface area contributed by atoms with E-state index in [2.05, 4.69) is 11.2 Å². The van der Waals surface area contributed by atoms with Crippen LogP contribution in [0.1, 0.15) is 12.8 Å². The molecule has 0 spiro atoms. The second kappa shape index (κ2) is 4.49. The van der Waals surface area contributed by atoms with Crippen molar-refractivity contribution in [3.8, 4) is 0 Å². The molecule has 1 N–H and O–H groups in total. The van der Waals surface area contributed by atoms with Gasteiger partial charge >= 0.3 is 0 Å². The highest BCUT2D eigenvalue weighted by Gasteiger charge is 2.42. The number of imidazole rings is 1. The number of halogens is 2. The number of H-pyrrole nitrogens is 1. The molecule has 2 nitrogen and oxygen atoms in total. The summed E-state index contributed by atoms with van der Waals surface area (Å²) in [6.45, 7) is 0.868. The van der Waals surface area contributed by atoms with Crippen LogP contribution < -0.4 is 0 Å². The second-order valence-electron chi connectivity index (χ2n) is 4.69. The van der Waals surface area contributed by atoms with E-state index in [9.17, 15) is 4.39 Å². The number of nitrogens with zero attached hydrogens (tertiary/aromatic N) is 1. The number of nitrogens with one attached hydrogen (secondary N) is 1. The van der Waals surface area contributed by atoms with Crippen LogP contribution >= 0.6 is 46.6 Å². The molecule has 1 aliphatic rings. The smallest absolute Gasteiger partial charge is 0.178 e. The Balaban J connectivity index is 2.13. The minimum Gasteiger partial charge on any atom is -0.331 e. The maximum atomic E-state index is 13.7. The van der Waals surface area contributed by atoms with E-state index in [1.807, 2.05) is 45.0 Å². The molecule has 0 amide bonds. The first-order chi connectivity index (χ1) is 8.54. The van der Waals surface area contributed by atoms with E-state index in [1.54, 1.807) is 6.07 Å². The van der Waals surface area contributed by atoms with Crippen molar-refractivity contribution < 1.29 is 4.39 Å². The highest BCUT2D eigenvalue weighted by atomic mass is 127. The van der Waals surface area contributed by atoms with Crippen molar-refractivity contribution in [2.45, 2.75) is 24.1 Å². The zero-order valence-electron chi connectivity index (χ0n) is 9.80. The lowest BCUT2D eigenvalue weighted by molar-refractivity contribution is 0.618. The molecule has 96 valence electrons. The number of rotatable bonds is 3. The third kappa shape index (κ3) is 2.12. The van der Waals surface area contributed by atoms with E-state index in [0.29, 0.717) is 13.1 Å². The van der Waals surface area contributed by atoms with Crippen LogP contribution in [0.2, 0.25) is 0 Å². The second-order valence-corrected chi connectivity index (χ2v) is 7.51. The van der Waals surface area contributed by atoms with Crippen LogP contribution in [0, 0.1) is 14.2 Å². The quantitative estimate of drug-likeness (QED) is 0.618. The standard InChI is InChI=1S/C12H12FIN2S2/c1-18-12(2-3-12)6-16-10-4-7(13)8(14)5-9(10)15-11(16)17/h4-5H,2-3,6H2,1H3,(H,15,17). The molecule has 1 aromatic heterocycles. The van der Waals surface area contributed by atoms with Gasteiger partial charge in [0.2, 0.25) is 0 Å². The molecule has 0 bridgehead atoms. The number of aromatic amines is 1. The summed E-state index contributed by atoms with van der Waals surface area (Å²) in [5.41, 5.74) is 1.79. The number of thioether (sulfide) groups is 1. The lowest BCUT2D eigenvalue weighted by atomic mass is 10.3. The van der Waals surface area contributed by atoms with Crippen molar-refractivity contribution in [3.05, 3.63) is 26.3 Å². The molecule has 3 rings (SSSR count). The average molecular weight is 394 g/mol. The van der Waals surface area contributed by atoms with Crippen molar-refractivity contribution in [2.24, 2.45) is 0 Å². The first-order valence-electron chi connectivity index (χ1n) is 5.67. The van der Waals surface area contributed by atoms with Gasteiger partial charge in [0.15, 0.2) is 4.77 Å². The number of benzene rings is 1. The van der Waals surface area contributed by atoms with Gasteiger partial charge in [-0.05, 0) is 60.0 Å². The van der Waals surface area contributed by atoms with E-state index >= 15 is 0 Å². The summed E-state index contributed by atoms with van der Waals surface area (Å²) >= 11 is 9.24. The summed E-state index contributed by atoms with van der Waals surface area (Å²) in [5.74, 6) is -0.181. The van der Waals surface area contributed by atoms with E-state index in [4.69, 9.17) is 12.2 Å². The number of aromatic nitrogens is 2. The van der Waals surface area contributed by atoms with Gasteiger partial charge in [-0.1, -0.05) is 0 Å². The zero-order valence-corrected chi connectivity index (χ0v) is 13.6. The van der Waals surface area contributed by atoms with E-state index in [1.165, 1.54) is 12.8 Å². The molecule has 1 aliphatic carbocycles. The zero-order chi connectivity index (χ0) is 12.9. The highest BCUT2D eigenvalue weighted by molar-refractivity contribution is 14.1. The monoisotopic (exact) mass is 394 g/mol. The molecule has 1 aromatic carbocycles. The molecule has 6 heteroatoms. The van der Waals surface area contributed by atoms with Gasteiger partial charge in [-0.25, -0.2) is 4.39 Å². The van der Waals surface area contributed by atoms with Gasteiger partial charge < -0.3 is 9.55 Å². The van der Waals surface area contributed by atoms with E-state index in [0.717, 1.165) is 17.6 Å². The molecule has 0 radical (unpaired) electrons. The van der Waals surface area contributed by atoms with Crippen LogP contribution in [0.15, 0.2) is 12.1 Å². The maximum absolute atomic E-state index is 13.7. The molecular formula is C12H12FIN2S2. The summed E-state index contributed by atoms with van der Waals surface area (Å²) in [5, 5.41) is 0. The van der Waals surface area contributed by atoms with E-state index in [-0.39, 0.29) is 5.82 Å². The fourth-order valence-corrected chi connectivity index (χ4v) is 3.67. The predicted octanol–water partition coefficient (Wildman–Crippen LogP) is 4.34. The molecule has 0 saturated heterocycles. The first kappa shape index (κ1) is 12.9. The number of hydrogen-bond acceptors (Lipinski definition) is 2. The third-order valence-corrected chi connectivity index (χ3v) is 6.06. The van der Waals surface area contributed by atoms with Crippen LogP contribution in [0.5, 0.6) is 0 Å². The summed E-state index contributed by atoms with van der Waals surface area (Å²) in [7, 11) is 0. The number of fused-ring (bicyclic) bond motifs is 1. The van der Waals surface area contributed by atoms with Gasteiger partial charge in [0.1, 0.15) is 5.82 Å². The number of hydrogen-bond donors (Lipinski definition) is 1. The molecule has 1 saturated carbocycles. The van der Waals surface area contributed by atoms with Gasteiger partial charge in [0.25, 0.3) is 0 Å². The lowest BCUT2D eigenvalue weighted by Crippen LogP contribution is -2.13. The normalized spacial score (nSPS) is 17.3. The highest BCUT2D eigenvalue weighted by Crippen LogP contribution is 2.48.